The highest BCUT2D eigenvalue weighted by Crippen LogP contribution is 2.26. The number of ether oxygens (including phenoxy) is 3. The van der Waals surface area contributed by atoms with Crippen molar-refractivity contribution in [2.45, 2.75) is 110 Å². The molecule has 0 amide bonds. The molecule has 2 rings (SSSR count). The Morgan fingerprint density at radius 3 is 2.00 bits per heavy atom. The minimum atomic E-state index is -1.27. The number of esters is 1. The Morgan fingerprint density at radius 1 is 0.703 bits per heavy atom. The largest absolute Gasteiger partial charge is 0.490 e. The van der Waals surface area contributed by atoms with Crippen LogP contribution in [0.15, 0.2) is 36.4 Å². The van der Waals surface area contributed by atoms with Gasteiger partial charge in [0.05, 0.1) is 18.3 Å². The van der Waals surface area contributed by atoms with Crippen molar-refractivity contribution in [2.75, 3.05) is 6.61 Å². The minimum absolute atomic E-state index is 0.147. The van der Waals surface area contributed by atoms with Crippen molar-refractivity contribution in [3.8, 4) is 17.2 Å². The van der Waals surface area contributed by atoms with Gasteiger partial charge in [-0.1, -0.05) is 78.6 Å². The van der Waals surface area contributed by atoms with Crippen molar-refractivity contribution in [2.24, 2.45) is 0 Å². The summed E-state index contributed by atoms with van der Waals surface area (Å²) >= 11 is 0. The summed E-state index contributed by atoms with van der Waals surface area (Å²) in [6, 6.07) is 9.13. The van der Waals surface area contributed by atoms with Gasteiger partial charge in [0.25, 0.3) is 0 Å². The highest BCUT2D eigenvalue weighted by molar-refractivity contribution is 5.91. The van der Waals surface area contributed by atoms with E-state index in [-0.39, 0.29) is 17.6 Å². The summed E-state index contributed by atoms with van der Waals surface area (Å²) in [5.41, 5.74) is -0.472. The first-order valence-corrected chi connectivity index (χ1v) is 14.1. The van der Waals surface area contributed by atoms with E-state index in [2.05, 4.69) is 20.8 Å². The molecule has 2 aromatic rings. The fraction of sp³-hybridized carbons (Fsp3) is 0.581. The number of benzene rings is 2. The van der Waals surface area contributed by atoms with Crippen LogP contribution in [0.2, 0.25) is 0 Å². The monoisotopic (exact) mass is 518 g/mol. The number of carbonyl (C=O) groups is 1. The number of halogens is 2. The van der Waals surface area contributed by atoms with Crippen molar-refractivity contribution < 1.29 is 27.8 Å². The highest BCUT2D eigenvalue weighted by Gasteiger charge is 2.21. The van der Waals surface area contributed by atoms with Gasteiger partial charge in [-0.25, -0.2) is 9.18 Å². The SMILES string of the molecule is CCCCCCCCOc1ccc(C(=O)Oc2ccc(OC(CCC)CCCCCC)cc2)c(F)c1F. The van der Waals surface area contributed by atoms with E-state index in [1.807, 2.05) is 0 Å². The summed E-state index contributed by atoms with van der Waals surface area (Å²) in [7, 11) is 0. The summed E-state index contributed by atoms with van der Waals surface area (Å²) < 4.78 is 45.9. The Morgan fingerprint density at radius 2 is 1.32 bits per heavy atom. The maximum atomic E-state index is 14.6. The van der Waals surface area contributed by atoms with Gasteiger partial charge in [0.15, 0.2) is 11.6 Å². The van der Waals surface area contributed by atoms with E-state index in [9.17, 15) is 13.6 Å². The van der Waals surface area contributed by atoms with E-state index in [0.717, 1.165) is 44.9 Å². The smallest absolute Gasteiger partial charge is 0.346 e. The van der Waals surface area contributed by atoms with Gasteiger partial charge in [-0.2, -0.15) is 4.39 Å². The summed E-state index contributed by atoms with van der Waals surface area (Å²) in [6.07, 6.45) is 14.4. The molecular formula is C31H44F2O4. The zero-order chi connectivity index (χ0) is 26.9. The van der Waals surface area contributed by atoms with Gasteiger partial charge in [0.2, 0.25) is 5.82 Å². The first kappa shape index (κ1) is 30.6. The fourth-order valence-corrected chi connectivity index (χ4v) is 4.19. The number of unbranched alkanes of at least 4 members (excludes halogenated alkanes) is 8. The average molecular weight is 519 g/mol. The van der Waals surface area contributed by atoms with Crippen LogP contribution in [0.4, 0.5) is 8.78 Å². The third-order valence-electron chi connectivity index (χ3n) is 6.35. The van der Waals surface area contributed by atoms with Crippen LogP contribution in [-0.2, 0) is 0 Å². The Bertz CT molecular complexity index is 914. The zero-order valence-corrected chi connectivity index (χ0v) is 22.8. The molecule has 4 nitrogen and oxygen atoms in total. The van der Waals surface area contributed by atoms with E-state index in [1.54, 1.807) is 24.3 Å². The van der Waals surface area contributed by atoms with Crippen LogP contribution >= 0.6 is 0 Å². The second-order valence-electron chi connectivity index (χ2n) is 9.59. The van der Waals surface area contributed by atoms with Crippen LogP contribution in [-0.4, -0.2) is 18.7 Å². The quantitative estimate of drug-likeness (QED) is 0.106. The molecule has 0 radical (unpaired) electrons. The van der Waals surface area contributed by atoms with Gasteiger partial charge in [-0.15, -0.1) is 0 Å². The second kappa shape index (κ2) is 17.8. The predicted molar refractivity (Wildman–Crippen MR) is 145 cm³/mol. The van der Waals surface area contributed by atoms with Crippen LogP contribution in [0.1, 0.15) is 115 Å². The first-order valence-electron chi connectivity index (χ1n) is 14.1. The average Bonchev–Trinajstić information content (AvgIpc) is 2.89. The van der Waals surface area contributed by atoms with Crippen LogP contribution in [0, 0.1) is 11.6 Å². The molecule has 0 aliphatic heterocycles. The molecule has 0 saturated heterocycles. The molecular weight excluding hydrogens is 474 g/mol. The normalized spacial score (nSPS) is 11.8. The van der Waals surface area contributed by atoms with Gasteiger partial charge in [0, 0.05) is 0 Å². The lowest BCUT2D eigenvalue weighted by atomic mass is 10.1. The molecule has 2 aromatic carbocycles. The molecule has 0 aliphatic carbocycles. The van der Waals surface area contributed by atoms with E-state index in [4.69, 9.17) is 14.2 Å². The minimum Gasteiger partial charge on any atom is -0.490 e. The van der Waals surface area contributed by atoms with E-state index in [1.165, 1.54) is 50.7 Å². The Kier molecular flexibility index (Phi) is 14.7. The van der Waals surface area contributed by atoms with E-state index >= 15 is 0 Å². The van der Waals surface area contributed by atoms with Gasteiger partial charge >= 0.3 is 5.97 Å². The molecule has 0 fully saturated rings. The molecule has 0 heterocycles. The Hall–Kier alpha value is -2.63. The number of hydrogen-bond acceptors (Lipinski definition) is 4. The Balaban J connectivity index is 1.88. The number of carbonyl (C=O) groups excluding carboxylic acids is 1. The zero-order valence-electron chi connectivity index (χ0n) is 22.8. The number of rotatable bonds is 19. The third-order valence-corrected chi connectivity index (χ3v) is 6.35. The van der Waals surface area contributed by atoms with Crippen molar-refractivity contribution >= 4 is 5.97 Å². The maximum Gasteiger partial charge on any atom is 0.346 e. The summed E-state index contributed by atoms with van der Waals surface area (Å²) in [6.45, 7) is 6.80. The molecule has 37 heavy (non-hydrogen) atoms. The van der Waals surface area contributed by atoms with Crippen LogP contribution < -0.4 is 14.2 Å². The molecule has 0 saturated carbocycles. The summed E-state index contributed by atoms with van der Waals surface area (Å²) in [5.74, 6) is -2.68. The molecule has 1 unspecified atom stereocenters. The van der Waals surface area contributed by atoms with Gasteiger partial charge < -0.3 is 14.2 Å². The van der Waals surface area contributed by atoms with E-state index < -0.39 is 23.2 Å². The van der Waals surface area contributed by atoms with E-state index in [0.29, 0.717) is 12.4 Å². The topological polar surface area (TPSA) is 44.8 Å². The molecule has 0 spiro atoms. The lowest BCUT2D eigenvalue weighted by Gasteiger charge is -2.19. The van der Waals surface area contributed by atoms with Crippen LogP contribution in [0.5, 0.6) is 17.2 Å². The fourth-order valence-electron chi connectivity index (χ4n) is 4.19. The summed E-state index contributed by atoms with van der Waals surface area (Å²) in [4.78, 5) is 12.5. The lowest BCUT2D eigenvalue weighted by molar-refractivity contribution is 0.0728. The standard InChI is InChI=1S/C31H44F2O4/c1-4-7-9-11-12-14-23-35-28-22-21-27(29(32)30(28)33)31(34)37-26-19-17-25(18-20-26)36-24(15-6-3)16-13-10-8-5-2/h17-22,24H,4-16,23H2,1-3H3. The van der Waals surface area contributed by atoms with Crippen LogP contribution in [0.3, 0.4) is 0 Å². The molecule has 0 bridgehead atoms. The predicted octanol–water partition coefficient (Wildman–Crippen LogP) is 9.44. The highest BCUT2D eigenvalue weighted by atomic mass is 19.2. The van der Waals surface area contributed by atoms with Crippen molar-refractivity contribution in [1.29, 1.82) is 0 Å². The molecule has 6 heteroatoms. The second-order valence-corrected chi connectivity index (χ2v) is 9.59. The first-order chi connectivity index (χ1) is 18.0. The summed E-state index contributed by atoms with van der Waals surface area (Å²) in [5, 5.41) is 0. The van der Waals surface area contributed by atoms with Gasteiger partial charge in [-0.3, -0.25) is 0 Å². The van der Waals surface area contributed by atoms with Crippen molar-refractivity contribution in [1.82, 2.24) is 0 Å². The lowest BCUT2D eigenvalue weighted by Crippen LogP contribution is -2.16. The van der Waals surface area contributed by atoms with Crippen molar-refractivity contribution in [3.63, 3.8) is 0 Å². The van der Waals surface area contributed by atoms with Crippen LogP contribution in [0.25, 0.3) is 0 Å². The molecule has 0 aromatic heterocycles. The third kappa shape index (κ3) is 11.1. The molecule has 1 atom stereocenters. The van der Waals surface area contributed by atoms with Gasteiger partial charge in [0.1, 0.15) is 11.5 Å². The van der Waals surface area contributed by atoms with Gasteiger partial charge in [-0.05, 0) is 62.1 Å². The molecule has 206 valence electrons. The number of hydrogen-bond donors (Lipinski definition) is 0. The maximum absolute atomic E-state index is 14.6. The van der Waals surface area contributed by atoms with Crippen molar-refractivity contribution in [3.05, 3.63) is 53.6 Å². The molecule has 0 aliphatic rings. The molecule has 0 N–H and O–H groups in total. The Labute approximate surface area is 221 Å².